The monoisotopic (exact) mass is 404 g/mol. The van der Waals surface area contributed by atoms with Crippen LogP contribution in [0.4, 0.5) is 5.13 Å². The van der Waals surface area contributed by atoms with Gasteiger partial charge in [-0.2, -0.15) is 9.78 Å². The first-order chi connectivity index (χ1) is 14.0. The average molecular weight is 404 g/mol. The predicted octanol–water partition coefficient (Wildman–Crippen LogP) is 4.27. The van der Waals surface area contributed by atoms with E-state index in [1.165, 1.54) is 16.0 Å². The van der Waals surface area contributed by atoms with Gasteiger partial charge in [-0.1, -0.05) is 17.7 Å². The van der Waals surface area contributed by atoms with Gasteiger partial charge in [-0.15, -0.1) is 11.3 Å². The number of thiazole rings is 1. The third-order valence-corrected chi connectivity index (χ3v) is 5.40. The Hall–Kier alpha value is -3.45. The molecular formula is C22H20N4O2S. The van der Waals surface area contributed by atoms with Gasteiger partial charge in [-0.05, 0) is 61.2 Å². The van der Waals surface area contributed by atoms with Crippen LogP contribution in [0.3, 0.4) is 0 Å². The molecule has 0 aliphatic heterocycles. The summed E-state index contributed by atoms with van der Waals surface area (Å²) in [5.41, 5.74) is 3.32. The second kappa shape index (κ2) is 7.89. The van der Waals surface area contributed by atoms with Crippen LogP contribution in [-0.4, -0.2) is 21.0 Å². The molecule has 0 radical (unpaired) electrons. The van der Waals surface area contributed by atoms with Crippen LogP contribution in [0.2, 0.25) is 0 Å². The molecule has 4 aromatic rings. The molecule has 0 aliphatic carbocycles. The van der Waals surface area contributed by atoms with E-state index in [1.54, 1.807) is 30.5 Å². The second-order valence-corrected chi connectivity index (χ2v) is 7.69. The Kier molecular flexibility index (Phi) is 5.14. The topological polar surface area (TPSA) is 79.5 Å². The Morgan fingerprint density at radius 3 is 2.69 bits per heavy atom. The van der Waals surface area contributed by atoms with Crippen LogP contribution in [0.1, 0.15) is 22.5 Å². The highest BCUT2D eigenvalue weighted by Gasteiger charge is 2.10. The number of nitrogens with zero attached hydrogens (tertiary/aromatic N) is 3. The third kappa shape index (κ3) is 4.20. The van der Waals surface area contributed by atoms with Gasteiger partial charge in [0.15, 0.2) is 5.13 Å². The highest BCUT2D eigenvalue weighted by Crippen LogP contribution is 2.18. The SMILES string of the molecule is Cc1ccc2cc(CNc3nc(C)cs3)n(/N=C/c3ccc(O)cc3)c(=O)c2c1. The molecule has 0 saturated heterocycles. The number of aromatic hydroxyl groups is 1. The number of fused-ring (bicyclic) bond motifs is 1. The minimum Gasteiger partial charge on any atom is -0.508 e. The molecule has 0 saturated carbocycles. The first-order valence-electron chi connectivity index (χ1n) is 9.14. The average Bonchev–Trinajstić information content (AvgIpc) is 3.13. The van der Waals surface area contributed by atoms with Crippen LogP contribution in [0, 0.1) is 13.8 Å². The molecule has 0 unspecified atom stereocenters. The number of benzene rings is 2. The number of pyridine rings is 1. The second-order valence-electron chi connectivity index (χ2n) is 6.83. The van der Waals surface area contributed by atoms with Crippen molar-refractivity contribution in [3.05, 3.63) is 86.8 Å². The molecule has 6 nitrogen and oxygen atoms in total. The van der Waals surface area contributed by atoms with Crippen LogP contribution in [0.25, 0.3) is 10.8 Å². The summed E-state index contributed by atoms with van der Waals surface area (Å²) in [5, 5.41) is 21.4. The molecule has 4 rings (SSSR count). The van der Waals surface area contributed by atoms with Crippen LogP contribution in [-0.2, 0) is 6.54 Å². The van der Waals surface area contributed by atoms with E-state index in [0.29, 0.717) is 11.9 Å². The van der Waals surface area contributed by atoms with Crippen molar-refractivity contribution in [2.75, 3.05) is 5.32 Å². The molecule has 0 bridgehead atoms. The number of aromatic nitrogens is 2. The van der Waals surface area contributed by atoms with Crippen molar-refractivity contribution in [1.82, 2.24) is 9.66 Å². The predicted molar refractivity (Wildman–Crippen MR) is 118 cm³/mol. The number of aryl methyl sites for hydroxylation is 2. The summed E-state index contributed by atoms with van der Waals surface area (Å²) in [6, 6.07) is 14.5. The van der Waals surface area contributed by atoms with Gasteiger partial charge in [-0.3, -0.25) is 4.79 Å². The number of anilines is 1. The summed E-state index contributed by atoms with van der Waals surface area (Å²) in [4.78, 5) is 17.6. The lowest BCUT2D eigenvalue weighted by atomic mass is 10.1. The van der Waals surface area contributed by atoms with Crippen LogP contribution in [0.5, 0.6) is 5.75 Å². The molecular weight excluding hydrogens is 384 g/mol. The maximum absolute atomic E-state index is 13.2. The Bertz CT molecular complexity index is 1260. The Morgan fingerprint density at radius 1 is 1.17 bits per heavy atom. The molecule has 0 aliphatic rings. The van der Waals surface area contributed by atoms with E-state index >= 15 is 0 Å². The van der Waals surface area contributed by atoms with E-state index in [1.807, 2.05) is 43.5 Å². The van der Waals surface area contributed by atoms with Crippen LogP contribution in [0.15, 0.2) is 63.8 Å². The van der Waals surface area contributed by atoms with Gasteiger partial charge in [0.1, 0.15) is 5.75 Å². The van der Waals surface area contributed by atoms with E-state index in [-0.39, 0.29) is 11.3 Å². The Balaban J connectivity index is 1.76. The number of hydrogen-bond acceptors (Lipinski definition) is 6. The van der Waals surface area contributed by atoms with Crippen molar-refractivity contribution in [1.29, 1.82) is 0 Å². The molecule has 2 heterocycles. The number of phenolic OH excluding ortho intramolecular Hbond substituents is 1. The summed E-state index contributed by atoms with van der Waals surface area (Å²) >= 11 is 1.52. The van der Waals surface area contributed by atoms with Crippen molar-refractivity contribution in [3.63, 3.8) is 0 Å². The molecule has 2 aromatic carbocycles. The highest BCUT2D eigenvalue weighted by atomic mass is 32.1. The quantitative estimate of drug-likeness (QED) is 0.487. The maximum atomic E-state index is 13.2. The molecule has 7 heteroatoms. The number of hydrogen-bond donors (Lipinski definition) is 2. The highest BCUT2D eigenvalue weighted by molar-refractivity contribution is 7.13. The van der Waals surface area contributed by atoms with Crippen molar-refractivity contribution < 1.29 is 5.11 Å². The van der Waals surface area contributed by atoms with Crippen LogP contribution >= 0.6 is 11.3 Å². The summed E-state index contributed by atoms with van der Waals surface area (Å²) in [6.07, 6.45) is 1.61. The van der Waals surface area contributed by atoms with E-state index < -0.39 is 0 Å². The largest absolute Gasteiger partial charge is 0.508 e. The zero-order chi connectivity index (χ0) is 20.4. The van der Waals surface area contributed by atoms with Gasteiger partial charge in [0.2, 0.25) is 0 Å². The summed E-state index contributed by atoms with van der Waals surface area (Å²) in [5.74, 6) is 0.184. The Labute approximate surface area is 171 Å². The lowest BCUT2D eigenvalue weighted by Gasteiger charge is -2.11. The van der Waals surface area contributed by atoms with Crippen LogP contribution < -0.4 is 10.9 Å². The zero-order valence-electron chi connectivity index (χ0n) is 16.1. The first kappa shape index (κ1) is 18.9. The number of phenols is 1. The summed E-state index contributed by atoms with van der Waals surface area (Å²) in [7, 11) is 0. The molecule has 29 heavy (non-hydrogen) atoms. The van der Waals surface area contributed by atoms with E-state index in [0.717, 1.165) is 33.0 Å². The van der Waals surface area contributed by atoms with Crippen molar-refractivity contribution in [2.45, 2.75) is 20.4 Å². The smallest absolute Gasteiger partial charge is 0.279 e. The fraction of sp³-hybridized carbons (Fsp3) is 0.136. The summed E-state index contributed by atoms with van der Waals surface area (Å²) in [6.45, 7) is 4.32. The van der Waals surface area contributed by atoms with Gasteiger partial charge >= 0.3 is 0 Å². The van der Waals surface area contributed by atoms with Gasteiger partial charge < -0.3 is 10.4 Å². The maximum Gasteiger partial charge on any atom is 0.279 e. The minimum absolute atomic E-state index is 0.173. The van der Waals surface area contributed by atoms with Crippen molar-refractivity contribution in [3.8, 4) is 5.75 Å². The standard InChI is InChI=1S/C22H20N4O2S/c1-14-3-6-17-10-18(12-23-22-25-15(2)13-29-22)26(21(28)20(17)9-14)24-11-16-4-7-19(27)8-5-16/h3-11,13,27H,12H2,1-2H3,(H,23,25)/b24-11+. The molecule has 0 fully saturated rings. The normalized spacial score (nSPS) is 11.4. The van der Waals surface area contributed by atoms with Gasteiger partial charge in [0.05, 0.1) is 24.1 Å². The number of rotatable bonds is 5. The van der Waals surface area contributed by atoms with E-state index in [4.69, 9.17) is 0 Å². The molecule has 2 aromatic heterocycles. The minimum atomic E-state index is -0.173. The molecule has 0 amide bonds. The van der Waals surface area contributed by atoms with E-state index in [2.05, 4.69) is 15.4 Å². The molecule has 0 atom stereocenters. The zero-order valence-corrected chi connectivity index (χ0v) is 16.9. The first-order valence-corrected chi connectivity index (χ1v) is 10.0. The lowest BCUT2D eigenvalue weighted by Crippen LogP contribution is -2.22. The van der Waals surface area contributed by atoms with Gasteiger partial charge in [0.25, 0.3) is 5.56 Å². The Morgan fingerprint density at radius 2 is 1.97 bits per heavy atom. The summed E-state index contributed by atoms with van der Waals surface area (Å²) < 4.78 is 1.42. The lowest BCUT2D eigenvalue weighted by molar-refractivity contribution is 0.475. The van der Waals surface area contributed by atoms with Gasteiger partial charge in [0, 0.05) is 10.8 Å². The fourth-order valence-electron chi connectivity index (χ4n) is 3.01. The van der Waals surface area contributed by atoms with Crippen molar-refractivity contribution >= 4 is 33.5 Å². The van der Waals surface area contributed by atoms with Gasteiger partial charge in [-0.25, -0.2) is 4.98 Å². The third-order valence-electron chi connectivity index (χ3n) is 4.48. The molecule has 0 spiro atoms. The number of nitrogens with one attached hydrogen (secondary N) is 1. The molecule has 146 valence electrons. The fourth-order valence-corrected chi connectivity index (χ4v) is 3.69. The van der Waals surface area contributed by atoms with Crippen molar-refractivity contribution in [2.24, 2.45) is 5.10 Å². The molecule has 2 N–H and O–H groups in total. The van der Waals surface area contributed by atoms with E-state index in [9.17, 15) is 9.90 Å².